The molecule has 0 saturated heterocycles. The van der Waals surface area contributed by atoms with E-state index in [9.17, 15) is 9.59 Å². The topological polar surface area (TPSA) is 77.8 Å². The van der Waals surface area contributed by atoms with Gasteiger partial charge >= 0.3 is 11.9 Å². The number of aryl methyl sites for hydroxylation is 1. The highest BCUT2D eigenvalue weighted by atomic mass is 16.4. The molecule has 0 aliphatic heterocycles. The second-order valence-electron chi connectivity index (χ2n) is 7.49. The van der Waals surface area contributed by atoms with E-state index >= 15 is 0 Å². The molecular formula is C24H29NO4. The van der Waals surface area contributed by atoms with Crippen LogP contribution < -0.4 is 0 Å². The molecule has 0 spiro atoms. The van der Waals surface area contributed by atoms with Gasteiger partial charge in [-0.05, 0) is 62.5 Å². The molecule has 1 aliphatic rings. The zero-order chi connectivity index (χ0) is 21.2. The number of nitrogens with zero attached hydrogens (tertiary/aromatic N) is 1. The molecule has 0 radical (unpaired) electrons. The van der Waals surface area contributed by atoms with Crippen molar-refractivity contribution in [3.8, 4) is 0 Å². The van der Waals surface area contributed by atoms with Crippen LogP contribution in [0.1, 0.15) is 35.4 Å². The van der Waals surface area contributed by atoms with E-state index < -0.39 is 11.9 Å². The smallest absolute Gasteiger partial charge is 0.328 e. The van der Waals surface area contributed by atoms with Gasteiger partial charge in [-0.3, -0.25) is 0 Å². The van der Waals surface area contributed by atoms with Crippen LogP contribution in [-0.2, 0) is 16.0 Å². The van der Waals surface area contributed by atoms with Crippen LogP contribution in [0.5, 0.6) is 0 Å². The molecule has 2 atom stereocenters. The minimum absolute atomic E-state index is 0.558. The van der Waals surface area contributed by atoms with Gasteiger partial charge in [-0.1, -0.05) is 54.6 Å². The molecule has 0 bridgehead atoms. The minimum atomic E-state index is -1.26. The van der Waals surface area contributed by atoms with Crippen molar-refractivity contribution in [1.82, 2.24) is 4.90 Å². The van der Waals surface area contributed by atoms with E-state index in [4.69, 9.17) is 10.2 Å². The zero-order valence-electron chi connectivity index (χ0n) is 17.0. The van der Waals surface area contributed by atoms with E-state index in [2.05, 4.69) is 73.6 Å². The Morgan fingerprint density at radius 2 is 1.55 bits per heavy atom. The Kier molecular flexibility index (Phi) is 8.62. The van der Waals surface area contributed by atoms with E-state index in [0.29, 0.717) is 18.1 Å². The quantitative estimate of drug-likeness (QED) is 0.722. The first-order valence-corrected chi connectivity index (χ1v) is 9.80. The molecule has 2 aromatic carbocycles. The number of carbonyl (C=O) groups is 2. The summed E-state index contributed by atoms with van der Waals surface area (Å²) in [5, 5.41) is 15.6. The molecule has 0 amide bonds. The fraction of sp³-hybridized carbons (Fsp3) is 0.333. The lowest BCUT2D eigenvalue weighted by atomic mass is 9.70. The van der Waals surface area contributed by atoms with Gasteiger partial charge in [-0.25, -0.2) is 9.59 Å². The van der Waals surface area contributed by atoms with Gasteiger partial charge in [0.25, 0.3) is 0 Å². The van der Waals surface area contributed by atoms with Gasteiger partial charge in [0, 0.05) is 18.1 Å². The van der Waals surface area contributed by atoms with Crippen LogP contribution in [-0.4, -0.2) is 47.7 Å². The summed E-state index contributed by atoms with van der Waals surface area (Å²) in [4.78, 5) is 21.4. The second kappa shape index (κ2) is 11.2. The molecule has 5 nitrogen and oxygen atoms in total. The number of benzene rings is 2. The van der Waals surface area contributed by atoms with Crippen LogP contribution in [0.15, 0.2) is 66.7 Å². The van der Waals surface area contributed by atoms with Gasteiger partial charge in [0.15, 0.2) is 0 Å². The van der Waals surface area contributed by atoms with Gasteiger partial charge in [-0.15, -0.1) is 0 Å². The Bertz CT molecular complexity index is 814. The molecule has 0 fully saturated rings. The summed E-state index contributed by atoms with van der Waals surface area (Å²) in [6.45, 7) is 1.18. The molecule has 0 saturated carbocycles. The molecule has 2 N–H and O–H groups in total. The maximum absolute atomic E-state index is 9.55. The Morgan fingerprint density at radius 3 is 2.14 bits per heavy atom. The molecule has 1 aliphatic carbocycles. The molecular weight excluding hydrogens is 366 g/mol. The van der Waals surface area contributed by atoms with Gasteiger partial charge < -0.3 is 15.1 Å². The molecule has 154 valence electrons. The first kappa shape index (κ1) is 22.4. The molecule has 2 unspecified atom stereocenters. The van der Waals surface area contributed by atoms with E-state index in [1.807, 2.05) is 0 Å². The standard InChI is InChI=1S/C20H25N.C4H4O4/c1-21(2)15-14-18-13-12-16-8-6-7-11-19(16)20(18)17-9-4-3-5-10-17;5-3(6)1-2-4(7)8/h3-11,18,20H,12-15H2,1-2H3;1-2H,(H,5,6)(H,7,8)/b;2-1-. The summed E-state index contributed by atoms with van der Waals surface area (Å²) < 4.78 is 0. The third-order valence-electron chi connectivity index (χ3n) is 5.12. The highest BCUT2D eigenvalue weighted by molar-refractivity contribution is 5.89. The normalized spacial score (nSPS) is 18.0. The van der Waals surface area contributed by atoms with Crippen LogP contribution in [0.4, 0.5) is 0 Å². The minimum Gasteiger partial charge on any atom is -0.478 e. The van der Waals surface area contributed by atoms with Crippen molar-refractivity contribution < 1.29 is 19.8 Å². The summed E-state index contributed by atoms with van der Waals surface area (Å²) >= 11 is 0. The first-order chi connectivity index (χ1) is 13.9. The predicted molar refractivity (Wildman–Crippen MR) is 114 cm³/mol. The van der Waals surface area contributed by atoms with Gasteiger partial charge in [0.05, 0.1) is 0 Å². The Balaban J connectivity index is 0.000000321. The fourth-order valence-electron chi connectivity index (χ4n) is 3.82. The zero-order valence-corrected chi connectivity index (χ0v) is 17.0. The van der Waals surface area contributed by atoms with Crippen LogP contribution in [0.2, 0.25) is 0 Å². The van der Waals surface area contributed by atoms with Crippen LogP contribution in [0, 0.1) is 5.92 Å². The molecule has 29 heavy (non-hydrogen) atoms. The number of fused-ring (bicyclic) bond motifs is 1. The number of hydrogen-bond acceptors (Lipinski definition) is 3. The van der Waals surface area contributed by atoms with Gasteiger partial charge in [0.1, 0.15) is 0 Å². The maximum Gasteiger partial charge on any atom is 0.328 e. The van der Waals surface area contributed by atoms with Crippen molar-refractivity contribution in [2.24, 2.45) is 5.92 Å². The average Bonchev–Trinajstić information content (AvgIpc) is 2.71. The predicted octanol–water partition coefficient (Wildman–Crippen LogP) is 4.04. The summed E-state index contributed by atoms with van der Waals surface area (Å²) in [5.74, 6) is -1.19. The number of carboxylic acid groups (broad SMARTS) is 2. The summed E-state index contributed by atoms with van der Waals surface area (Å²) in [6, 6.07) is 20.1. The number of carboxylic acids is 2. The molecule has 2 aromatic rings. The number of rotatable bonds is 6. The molecule has 3 rings (SSSR count). The third-order valence-corrected chi connectivity index (χ3v) is 5.12. The lowest BCUT2D eigenvalue weighted by Gasteiger charge is -2.35. The van der Waals surface area contributed by atoms with Crippen molar-refractivity contribution in [2.45, 2.75) is 25.2 Å². The summed E-state index contributed by atoms with van der Waals surface area (Å²) in [6.07, 6.45) is 4.94. The molecule has 0 heterocycles. The third kappa shape index (κ3) is 7.20. The van der Waals surface area contributed by atoms with Crippen molar-refractivity contribution in [1.29, 1.82) is 0 Å². The number of aliphatic carboxylic acids is 2. The Hall–Kier alpha value is -2.92. The van der Waals surface area contributed by atoms with Crippen LogP contribution >= 0.6 is 0 Å². The largest absolute Gasteiger partial charge is 0.478 e. The average molecular weight is 395 g/mol. The SMILES string of the molecule is CN(C)CCC1CCc2ccccc2C1c1ccccc1.O=C(O)/C=C\C(=O)O. The Morgan fingerprint density at radius 1 is 0.966 bits per heavy atom. The summed E-state index contributed by atoms with van der Waals surface area (Å²) in [5.41, 5.74) is 4.58. The first-order valence-electron chi connectivity index (χ1n) is 9.80. The van der Waals surface area contributed by atoms with Crippen molar-refractivity contribution in [2.75, 3.05) is 20.6 Å². The van der Waals surface area contributed by atoms with Crippen molar-refractivity contribution in [3.63, 3.8) is 0 Å². The number of hydrogen-bond donors (Lipinski definition) is 2. The highest BCUT2D eigenvalue weighted by Gasteiger charge is 2.30. The van der Waals surface area contributed by atoms with E-state index in [0.717, 1.165) is 5.92 Å². The fourth-order valence-corrected chi connectivity index (χ4v) is 3.82. The van der Waals surface area contributed by atoms with E-state index in [1.165, 1.54) is 31.4 Å². The molecule has 0 aromatic heterocycles. The Labute approximate surface area is 172 Å². The highest BCUT2D eigenvalue weighted by Crippen LogP contribution is 2.42. The monoisotopic (exact) mass is 395 g/mol. The molecule has 5 heteroatoms. The van der Waals surface area contributed by atoms with Crippen molar-refractivity contribution >= 4 is 11.9 Å². The van der Waals surface area contributed by atoms with Crippen LogP contribution in [0.25, 0.3) is 0 Å². The van der Waals surface area contributed by atoms with Crippen LogP contribution in [0.3, 0.4) is 0 Å². The lowest BCUT2D eigenvalue weighted by molar-refractivity contribution is -0.134. The van der Waals surface area contributed by atoms with Crippen molar-refractivity contribution in [3.05, 3.63) is 83.4 Å². The maximum atomic E-state index is 9.55. The summed E-state index contributed by atoms with van der Waals surface area (Å²) in [7, 11) is 4.35. The lowest BCUT2D eigenvalue weighted by Crippen LogP contribution is -2.25. The van der Waals surface area contributed by atoms with E-state index in [-0.39, 0.29) is 0 Å². The van der Waals surface area contributed by atoms with Gasteiger partial charge in [-0.2, -0.15) is 0 Å². The second-order valence-corrected chi connectivity index (χ2v) is 7.49. The van der Waals surface area contributed by atoms with E-state index in [1.54, 1.807) is 11.1 Å². The van der Waals surface area contributed by atoms with Gasteiger partial charge in [0.2, 0.25) is 0 Å².